The van der Waals surface area contributed by atoms with Gasteiger partial charge in [0.2, 0.25) is 0 Å². The summed E-state index contributed by atoms with van der Waals surface area (Å²) in [4.78, 5) is 0. The fourth-order valence-corrected chi connectivity index (χ4v) is 11.0. The first-order valence-corrected chi connectivity index (χ1v) is 18.9. The Kier molecular flexibility index (Phi) is 15.7. The van der Waals surface area contributed by atoms with Crippen LogP contribution in [0.4, 0.5) is 0 Å². The van der Waals surface area contributed by atoms with Crippen molar-refractivity contribution in [1.82, 2.24) is 0 Å². The van der Waals surface area contributed by atoms with Crippen LogP contribution in [0.3, 0.4) is 0 Å². The first kappa shape index (κ1) is 34.3. The van der Waals surface area contributed by atoms with Gasteiger partial charge in [0.05, 0.1) is 0 Å². The average molecular weight is 616 g/mol. The summed E-state index contributed by atoms with van der Waals surface area (Å²) in [5.41, 5.74) is 0. The summed E-state index contributed by atoms with van der Waals surface area (Å²) in [5, 5.41) is 3.96. The minimum absolute atomic E-state index is 0.0535. The maximum Gasteiger partial charge on any atom is 0.261 e. The normalized spacial score (nSPS) is 15.6. The summed E-state index contributed by atoms with van der Waals surface area (Å²) in [6.07, 6.45) is 13.5. The van der Waals surface area contributed by atoms with E-state index in [1.807, 2.05) is 0 Å². The third-order valence-electron chi connectivity index (χ3n) is 8.79. The monoisotopic (exact) mass is 614 g/mol. The lowest BCUT2D eigenvalue weighted by Crippen LogP contribution is -2.66. The molecule has 0 fully saturated rings. The maximum absolute atomic E-state index is 7.12. The second-order valence-corrected chi connectivity index (χ2v) is 18.6. The Balaban J connectivity index is 1.78. The predicted octanol–water partition coefficient (Wildman–Crippen LogP) is 10.4. The van der Waals surface area contributed by atoms with Crippen molar-refractivity contribution in [2.75, 3.05) is 11.9 Å². The summed E-state index contributed by atoms with van der Waals surface area (Å²) in [5.74, 6) is 3.26. The van der Waals surface area contributed by atoms with Gasteiger partial charge in [-0.05, 0) is 51.9 Å². The number of hydrogen-bond acceptors (Lipinski definition) is 1. The first-order chi connectivity index (χ1) is 18.6. The smallest absolute Gasteiger partial charge is 0.261 e. The third-order valence-corrected chi connectivity index (χ3v) is 14.9. The number of halogens is 1. The van der Waals surface area contributed by atoms with E-state index in [1.165, 1.54) is 68.2 Å². The predicted molar refractivity (Wildman–Crippen MR) is 180 cm³/mol. The van der Waals surface area contributed by atoms with Gasteiger partial charge in [0.15, 0.2) is 0 Å². The number of hydrogen-bond donors (Lipinski definition) is 0. The van der Waals surface area contributed by atoms with Crippen LogP contribution in [0.1, 0.15) is 113 Å². The van der Waals surface area contributed by atoms with Crippen LogP contribution in [-0.4, -0.2) is 20.3 Å². The Morgan fingerprint density at radius 3 is 1.31 bits per heavy atom. The highest BCUT2D eigenvalue weighted by atomic mass is 79.9. The van der Waals surface area contributed by atoms with Gasteiger partial charge >= 0.3 is 0 Å². The largest absolute Gasteiger partial charge is 0.407 e. The molecule has 0 N–H and O–H groups in total. The van der Waals surface area contributed by atoms with Crippen LogP contribution in [0.15, 0.2) is 60.7 Å². The van der Waals surface area contributed by atoms with E-state index in [-0.39, 0.29) is 5.04 Å². The van der Waals surface area contributed by atoms with Crippen LogP contribution >= 0.6 is 15.9 Å². The molecule has 2 aromatic rings. The number of rotatable bonds is 19. The Morgan fingerprint density at radius 1 is 0.590 bits per heavy atom. The topological polar surface area (TPSA) is 9.23 Å². The van der Waals surface area contributed by atoms with Gasteiger partial charge in [0, 0.05) is 11.9 Å². The van der Waals surface area contributed by atoms with Crippen molar-refractivity contribution in [3.63, 3.8) is 0 Å². The van der Waals surface area contributed by atoms with Crippen molar-refractivity contribution in [1.29, 1.82) is 0 Å². The molecule has 0 aromatic heterocycles. The fraction of sp³-hybridized carbons (Fsp3) is 0.667. The minimum atomic E-state index is -2.41. The van der Waals surface area contributed by atoms with E-state index in [1.54, 1.807) is 0 Å². The van der Waals surface area contributed by atoms with Gasteiger partial charge in [-0.15, -0.1) is 0 Å². The molecule has 0 aliphatic rings. The first-order valence-electron chi connectivity index (χ1n) is 15.9. The zero-order chi connectivity index (χ0) is 28.7. The van der Waals surface area contributed by atoms with Crippen LogP contribution in [0.2, 0.25) is 5.04 Å². The Morgan fingerprint density at radius 2 is 0.949 bits per heavy atom. The van der Waals surface area contributed by atoms with E-state index in [0.717, 1.165) is 36.1 Å². The van der Waals surface area contributed by atoms with Crippen LogP contribution in [0.5, 0.6) is 0 Å². The maximum atomic E-state index is 7.12. The molecule has 0 aliphatic heterocycles. The van der Waals surface area contributed by atoms with Crippen molar-refractivity contribution in [3.8, 4) is 0 Å². The summed E-state index contributed by atoms with van der Waals surface area (Å²) in [7, 11) is -2.41. The number of benzene rings is 2. The molecule has 0 amide bonds. The van der Waals surface area contributed by atoms with Gasteiger partial charge < -0.3 is 4.43 Å². The van der Waals surface area contributed by atoms with Gasteiger partial charge in [-0.2, -0.15) is 0 Å². The van der Waals surface area contributed by atoms with Crippen molar-refractivity contribution >= 4 is 34.6 Å². The molecule has 39 heavy (non-hydrogen) atoms. The molecule has 220 valence electrons. The molecule has 0 saturated heterocycles. The van der Waals surface area contributed by atoms with Gasteiger partial charge in [-0.3, -0.25) is 0 Å². The van der Waals surface area contributed by atoms with Crippen molar-refractivity contribution < 1.29 is 4.43 Å². The molecule has 3 heteroatoms. The van der Waals surface area contributed by atoms with E-state index in [0.29, 0.717) is 5.92 Å². The van der Waals surface area contributed by atoms with Crippen molar-refractivity contribution in [2.24, 2.45) is 23.7 Å². The standard InChI is InChI=1S/C36H59BrOSi/c1-30(17-14-18-31(2)20-16-22-33(4)29-37)19-15-21-32(3)27-28-38-39(36(5,6)7,34-23-10-8-11-24-34)35-25-12-9-13-26-35/h8-13,23-26,30-33H,14-22,27-29H2,1-7H3/t30-,31+,32-,33-/m1/s1. The molecule has 2 rings (SSSR count). The van der Waals surface area contributed by atoms with E-state index in [4.69, 9.17) is 4.43 Å². The van der Waals surface area contributed by atoms with Gasteiger partial charge in [-0.1, -0.05) is 176 Å². The second-order valence-electron chi connectivity index (χ2n) is 13.7. The second kappa shape index (κ2) is 17.8. The molecule has 0 saturated carbocycles. The molecule has 4 atom stereocenters. The molecular weight excluding hydrogens is 556 g/mol. The molecule has 0 radical (unpaired) electrons. The van der Waals surface area contributed by atoms with E-state index in [9.17, 15) is 0 Å². The molecule has 0 bridgehead atoms. The SMILES string of the molecule is C[C@H](CCC[C@H](C)CCC[C@@H](C)CBr)CCC[C@@H](C)CCO[Si](c1ccccc1)(c1ccccc1)C(C)(C)C. The lowest BCUT2D eigenvalue weighted by molar-refractivity contribution is 0.260. The average Bonchev–Trinajstić information content (AvgIpc) is 2.91. The van der Waals surface area contributed by atoms with Gasteiger partial charge in [0.25, 0.3) is 8.32 Å². The highest BCUT2D eigenvalue weighted by Crippen LogP contribution is 2.37. The van der Waals surface area contributed by atoms with E-state index < -0.39 is 8.32 Å². The van der Waals surface area contributed by atoms with Crippen LogP contribution in [0, 0.1) is 23.7 Å². The summed E-state index contributed by atoms with van der Waals surface area (Å²) >= 11 is 3.61. The molecule has 2 aromatic carbocycles. The zero-order valence-electron chi connectivity index (χ0n) is 26.4. The quantitative estimate of drug-likeness (QED) is 0.113. The lowest BCUT2D eigenvalue weighted by Gasteiger charge is -2.43. The van der Waals surface area contributed by atoms with E-state index >= 15 is 0 Å². The van der Waals surface area contributed by atoms with Crippen LogP contribution in [0.25, 0.3) is 0 Å². The molecule has 1 nitrogen and oxygen atoms in total. The highest BCUT2D eigenvalue weighted by Gasteiger charge is 2.50. The molecular formula is C36H59BrOSi. The molecule has 0 aliphatic carbocycles. The Hall–Kier alpha value is -0.903. The van der Waals surface area contributed by atoms with Crippen molar-refractivity contribution in [2.45, 2.75) is 118 Å². The summed E-state index contributed by atoms with van der Waals surface area (Å²) < 4.78 is 7.12. The molecule has 0 heterocycles. The number of alkyl halides is 1. The lowest BCUT2D eigenvalue weighted by atomic mass is 9.91. The fourth-order valence-electron chi connectivity index (χ4n) is 6.13. The third kappa shape index (κ3) is 11.5. The van der Waals surface area contributed by atoms with Gasteiger partial charge in [0.1, 0.15) is 0 Å². The molecule has 0 spiro atoms. The summed E-state index contributed by atoms with van der Waals surface area (Å²) in [6, 6.07) is 22.1. The summed E-state index contributed by atoms with van der Waals surface area (Å²) in [6.45, 7) is 17.7. The highest BCUT2D eigenvalue weighted by molar-refractivity contribution is 9.09. The van der Waals surface area contributed by atoms with Gasteiger partial charge in [-0.25, -0.2) is 0 Å². The minimum Gasteiger partial charge on any atom is -0.407 e. The van der Waals surface area contributed by atoms with E-state index in [2.05, 4.69) is 125 Å². The Bertz CT molecular complexity index is 838. The Labute approximate surface area is 252 Å². The van der Waals surface area contributed by atoms with Crippen LogP contribution in [-0.2, 0) is 4.43 Å². The zero-order valence-corrected chi connectivity index (χ0v) is 28.9. The van der Waals surface area contributed by atoms with Crippen molar-refractivity contribution in [3.05, 3.63) is 60.7 Å². The molecule has 0 unspecified atom stereocenters. The van der Waals surface area contributed by atoms with Crippen LogP contribution < -0.4 is 10.4 Å².